The van der Waals surface area contributed by atoms with Gasteiger partial charge in [0, 0.05) is 11.7 Å². The van der Waals surface area contributed by atoms with Gasteiger partial charge in [-0.1, -0.05) is 19.9 Å². The maximum absolute atomic E-state index is 12.3. The molecule has 2 rings (SSSR count). The van der Waals surface area contributed by atoms with Gasteiger partial charge in [0.25, 0.3) is 5.91 Å². The Hall–Kier alpha value is -1.03. The van der Waals surface area contributed by atoms with E-state index in [1.165, 1.54) is 0 Å². The van der Waals surface area contributed by atoms with Gasteiger partial charge in [0.2, 0.25) is 0 Å². The molecule has 4 heteroatoms. The molecule has 0 aliphatic heterocycles. The molecule has 19 heavy (non-hydrogen) atoms. The maximum Gasteiger partial charge on any atom is 0.252 e. The number of carbonyl (C=O) groups excluding carboxylic acids is 1. The molecule has 3 nitrogen and oxygen atoms in total. The van der Waals surface area contributed by atoms with Crippen LogP contribution in [0.2, 0.25) is 0 Å². The lowest BCUT2D eigenvalue weighted by molar-refractivity contribution is 0.0908. The molecule has 1 saturated carbocycles. The topological polar surface area (TPSA) is 55.1 Å². The average Bonchev–Trinajstić information content (AvgIpc) is 2.35. The molecule has 0 atom stereocenters. The van der Waals surface area contributed by atoms with Crippen molar-refractivity contribution < 1.29 is 4.79 Å². The van der Waals surface area contributed by atoms with Crippen LogP contribution in [0.15, 0.2) is 22.7 Å². The van der Waals surface area contributed by atoms with Crippen molar-refractivity contribution in [3.63, 3.8) is 0 Å². The van der Waals surface area contributed by atoms with E-state index in [9.17, 15) is 4.79 Å². The summed E-state index contributed by atoms with van der Waals surface area (Å²) < 4.78 is 0.684. The van der Waals surface area contributed by atoms with E-state index in [0.717, 1.165) is 25.7 Å². The Morgan fingerprint density at radius 3 is 2.63 bits per heavy atom. The molecule has 0 bridgehead atoms. The van der Waals surface area contributed by atoms with Crippen molar-refractivity contribution in [2.75, 3.05) is 5.73 Å². The molecule has 0 heterocycles. The largest absolute Gasteiger partial charge is 0.398 e. The number of rotatable bonds is 2. The number of hydrogen-bond donors (Lipinski definition) is 2. The second-order valence-corrected chi connectivity index (χ2v) is 6.91. The molecule has 1 fully saturated rings. The van der Waals surface area contributed by atoms with Gasteiger partial charge >= 0.3 is 0 Å². The molecule has 1 amide bonds. The maximum atomic E-state index is 12.3. The van der Waals surface area contributed by atoms with Crippen molar-refractivity contribution in [1.82, 2.24) is 5.32 Å². The van der Waals surface area contributed by atoms with Crippen molar-refractivity contribution in [1.29, 1.82) is 0 Å². The molecule has 104 valence electrons. The van der Waals surface area contributed by atoms with Gasteiger partial charge in [-0.25, -0.2) is 0 Å². The Labute approximate surface area is 123 Å². The van der Waals surface area contributed by atoms with Crippen molar-refractivity contribution in [2.24, 2.45) is 5.41 Å². The number of carbonyl (C=O) groups is 1. The van der Waals surface area contributed by atoms with Crippen LogP contribution in [0.5, 0.6) is 0 Å². The highest BCUT2D eigenvalue weighted by Gasteiger charge is 2.28. The van der Waals surface area contributed by atoms with Gasteiger partial charge in [0.05, 0.1) is 10.0 Å². The molecule has 1 aliphatic carbocycles. The predicted octanol–water partition coefficient (Wildman–Crippen LogP) is 3.73. The van der Waals surface area contributed by atoms with E-state index in [1.807, 2.05) is 0 Å². The van der Waals surface area contributed by atoms with Crippen molar-refractivity contribution in [2.45, 2.75) is 45.6 Å². The number of nitrogen functional groups attached to an aromatic ring is 1. The highest BCUT2D eigenvalue weighted by molar-refractivity contribution is 9.10. The number of anilines is 1. The first-order chi connectivity index (χ1) is 8.89. The van der Waals surface area contributed by atoms with Crippen LogP contribution in [0.25, 0.3) is 0 Å². The fourth-order valence-corrected chi connectivity index (χ4v) is 2.98. The van der Waals surface area contributed by atoms with Gasteiger partial charge in [-0.05, 0) is 59.2 Å². The zero-order valence-electron chi connectivity index (χ0n) is 11.5. The van der Waals surface area contributed by atoms with Crippen LogP contribution in [-0.2, 0) is 0 Å². The third kappa shape index (κ3) is 3.50. The molecule has 1 aliphatic rings. The zero-order chi connectivity index (χ0) is 14.0. The SMILES string of the molecule is CC1(C)CCC(NC(=O)c2cccc(N)c2Br)CC1. The van der Waals surface area contributed by atoms with Crippen molar-refractivity contribution >= 4 is 27.5 Å². The summed E-state index contributed by atoms with van der Waals surface area (Å²) in [6, 6.07) is 5.67. The molecular weight excluding hydrogens is 304 g/mol. The summed E-state index contributed by atoms with van der Waals surface area (Å²) in [4.78, 5) is 12.3. The molecule has 0 aromatic heterocycles. The lowest BCUT2D eigenvalue weighted by atomic mass is 9.75. The van der Waals surface area contributed by atoms with Gasteiger partial charge in [0.15, 0.2) is 0 Å². The highest BCUT2D eigenvalue weighted by atomic mass is 79.9. The average molecular weight is 325 g/mol. The number of nitrogens with two attached hydrogens (primary N) is 1. The van der Waals surface area contributed by atoms with Gasteiger partial charge in [0.1, 0.15) is 0 Å². The standard InChI is InChI=1S/C15H21BrN2O/c1-15(2)8-6-10(7-9-15)18-14(19)11-4-3-5-12(17)13(11)16/h3-5,10H,6-9,17H2,1-2H3,(H,18,19). The Morgan fingerprint density at radius 2 is 2.00 bits per heavy atom. The quantitative estimate of drug-likeness (QED) is 0.814. The predicted molar refractivity (Wildman–Crippen MR) is 82.1 cm³/mol. The van der Waals surface area contributed by atoms with E-state index >= 15 is 0 Å². The van der Waals surface area contributed by atoms with Crippen molar-refractivity contribution in [3.05, 3.63) is 28.2 Å². The first kappa shape index (κ1) is 14.4. The van der Waals surface area contributed by atoms with Crippen LogP contribution in [0.1, 0.15) is 49.9 Å². The normalized spacial score (nSPS) is 19.1. The summed E-state index contributed by atoms with van der Waals surface area (Å²) >= 11 is 3.38. The Kier molecular flexibility index (Phi) is 4.19. The molecular formula is C15H21BrN2O. The lowest BCUT2D eigenvalue weighted by Gasteiger charge is -2.34. The van der Waals surface area contributed by atoms with Crippen molar-refractivity contribution in [3.8, 4) is 0 Å². The molecule has 3 N–H and O–H groups in total. The number of benzene rings is 1. The Bertz CT molecular complexity index is 475. The van der Waals surface area contributed by atoms with Gasteiger partial charge in [-0.2, -0.15) is 0 Å². The van der Waals surface area contributed by atoms with Gasteiger partial charge < -0.3 is 11.1 Å². The van der Waals surface area contributed by atoms with Crippen LogP contribution in [0.4, 0.5) is 5.69 Å². The van der Waals surface area contributed by atoms with E-state index in [0.29, 0.717) is 21.1 Å². The zero-order valence-corrected chi connectivity index (χ0v) is 13.1. The Morgan fingerprint density at radius 1 is 1.37 bits per heavy atom. The monoisotopic (exact) mass is 324 g/mol. The molecule has 0 saturated heterocycles. The molecule has 0 unspecified atom stereocenters. The van der Waals surface area contributed by atoms with Gasteiger partial charge in [-0.15, -0.1) is 0 Å². The molecule has 0 radical (unpaired) electrons. The summed E-state index contributed by atoms with van der Waals surface area (Å²) in [5, 5.41) is 3.12. The third-order valence-electron chi connectivity index (χ3n) is 3.95. The van der Waals surface area contributed by atoms with Crippen LogP contribution in [-0.4, -0.2) is 11.9 Å². The Balaban J connectivity index is 2.00. The summed E-state index contributed by atoms with van der Waals surface area (Å²) in [6.07, 6.45) is 4.43. The minimum atomic E-state index is -0.0381. The van der Waals surface area contributed by atoms with Crippen LogP contribution in [0, 0.1) is 5.41 Å². The highest BCUT2D eigenvalue weighted by Crippen LogP contribution is 2.35. The number of halogens is 1. The molecule has 1 aromatic rings. The van der Waals surface area contributed by atoms with E-state index in [1.54, 1.807) is 18.2 Å². The summed E-state index contributed by atoms with van der Waals surface area (Å²) in [5.74, 6) is -0.0381. The van der Waals surface area contributed by atoms with Gasteiger partial charge in [-0.3, -0.25) is 4.79 Å². The van der Waals surface area contributed by atoms with Crippen LogP contribution in [0.3, 0.4) is 0 Å². The second-order valence-electron chi connectivity index (χ2n) is 6.12. The fraction of sp³-hybridized carbons (Fsp3) is 0.533. The van der Waals surface area contributed by atoms with E-state index in [4.69, 9.17) is 5.73 Å². The molecule has 1 aromatic carbocycles. The summed E-state index contributed by atoms with van der Waals surface area (Å²) in [5.41, 5.74) is 7.43. The third-order valence-corrected chi connectivity index (χ3v) is 4.83. The van der Waals surface area contributed by atoms with Crippen LogP contribution >= 0.6 is 15.9 Å². The van der Waals surface area contributed by atoms with E-state index in [-0.39, 0.29) is 11.9 Å². The lowest BCUT2D eigenvalue weighted by Crippen LogP contribution is -2.39. The fourth-order valence-electron chi connectivity index (χ4n) is 2.53. The molecule has 0 spiro atoms. The first-order valence-electron chi connectivity index (χ1n) is 6.74. The summed E-state index contributed by atoms with van der Waals surface area (Å²) in [6.45, 7) is 4.58. The van der Waals surface area contributed by atoms with Crippen LogP contribution < -0.4 is 11.1 Å². The van der Waals surface area contributed by atoms with E-state index in [2.05, 4.69) is 35.1 Å². The summed E-state index contributed by atoms with van der Waals surface area (Å²) in [7, 11) is 0. The number of hydrogen-bond acceptors (Lipinski definition) is 2. The van der Waals surface area contributed by atoms with E-state index < -0.39 is 0 Å². The minimum absolute atomic E-state index is 0.0381. The first-order valence-corrected chi connectivity index (χ1v) is 7.53. The number of amides is 1. The number of nitrogens with one attached hydrogen (secondary N) is 1. The smallest absolute Gasteiger partial charge is 0.252 e. The second kappa shape index (κ2) is 5.53. The minimum Gasteiger partial charge on any atom is -0.398 e.